The Morgan fingerprint density at radius 2 is 1.85 bits per heavy atom. The Hall–Kier alpha value is -3.54. The normalized spacial score (nSPS) is 10.2. The molecule has 0 saturated carbocycles. The minimum Gasteiger partial charge on any atom is -0.497 e. The van der Waals surface area contributed by atoms with Crippen LogP contribution in [0, 0.1) is 0 Å². The van der Waals surface area contributed by atoms with Crippen LogP contribution in [-0.2, 0) is 6.61 Å². The lowest BCUT2D eigenvalue weighted by molar-refractivity contribution is 0.0863. The van der Waals surface area contributed by atoms with Crippen molar-refractivity contribution in [1.82, 2.24) is 4.73 Å². The summed E-state index contributed by atoms with van der Waals surface area (Å²) in [5, 5.41) is 2.69. The molecule has 0 radical (unpaired) electrons. The van der Waals surface area contributed by atoms with Gasteiger partial charge in [-0.25, -0.2) is 0 Å². The van der Waals surface area contributed by atoms with Crippen molar-refractivity contribution in [3.63, 3.8) is 0 Å². The second kappa shape index (κ2) is 8.02. The lowest BCUT2D eigenvalue weighted by Gasteiger charge is -2.10. The number of carbonyl (C=O) groups excluding carboxylic acids is 1. The number of hydrogen-bond acceptors (Lipinski definition) is 4. The van der Waals surface area contributed by atoms with E-state index in [1.165, 1.54) is 12.3 Å². The van der Waals surface area contributed by atoms with Crippen molar-refractivity contribution < 1.29 is 14.4 Å². The molecule has 0 aliphatic rings. The third-order valence-corrected chi connectivity index (χ3v) is 3.70. The summed E-state index contributed by atoms with van der Waals surface area (Å²) < 4.78 is 6.18. The second-order valence-electron chi connectivity index (χ2n) is 5.50. The summed E-state index contributed by atoms with van der Waals surface area (Å²) in [5.74, 6) is 0.0976. The largest absolute Gasteiger partial charge is 0.497 e. The van der Waals surface area contributed by atoms with Crippen LogP contribution in [0.4, 0.5) is 5.69 Å². The number of benzene rings is 2. The van der Waals surface area contributed by atoms with Gasteiger partial charge in [-0.05, 0) is 29.8 Å². The number of ether oxygens (including phenoxy) is 1. The summed E-state index contributed by atoms with van der Waals surface area (Å²) in [4.78, 5) is 30.4. The van der Waals surface area contributed by atoms with Crippen molar-refractivity contribution in [3.8, 4) is 5.75 Å². The zero-order valence-electron chi connectivity index (χ0n) is 14.2. The molecule has 26 heavy (non-hydrogen) atoms. The first-order chi connectivity index (χ1) is 12.7. The molecule has 1 heterocycles. The number of anilines is 1. The van der Waals surface area contributed by atoms with Gasteiger partial charge in [-0.2, -0.15) is 4.73 Å². The van der Waals surface area contributed by atoms with Gasteiger partial charge in [-0.3, -0.25) is 9.59 Å². The highest BCUT2D eigenvalue weighted by Crippen LogP contribution is 2.17. The molecule has 0 unspecified atom stereocenters. The van der Waals surface area contributed by atoms with Crippen LogP contribution in [0.5, 0.6) is 5.75 Å². The van der Waals surface area contributed by atoms with Crippen LogP contribution in [0.25, 0.3) is 0 Å². The van der Waals surface area contributed by atoms with Gasteiger partial charge in [0.25, 0.3) is 11.5 Å². The Morgan fingerprint density at radius 3 is 2.62 bits per heavy atom. The summed E-state index contributed by atoms with van der Waals surface area (Å²) in [6.07, 6.45) is 1.48. The van der Waals surface area contributed by atoms with E-state index in [4.69, 9.17) is 9.57 Å². The quantitative estimate of drug-likeness (QED) is 0.742. The van der Waals surface area contributed by atoms with Crippen LogP contribution >= 0.6 is 0 Å². The van der Waals surface area contributed by atoms with Crippen molar-refractivity contribution in [1.29, 1.82) is 0 Å². The van der Waals surface area contributed by atoms with E-state index in [2.05, 4.69) is 5.32 Å². The first kappa shape index (κ1) is 17.3. The van der Waals surface area contributed by atoms with E-state index < -0.39 is 11.5 Å². The fraction of sp³-hybridized carbons (Fsp3) is 0.100. The molecular weight excluding hydrogens is 332 g/mol. The molecule has 1 aromatic heterocycles. The maximum Gasteiger partial charge on any atom is 0.295 e. The van der Waals surface area contributed by atoms with Gasteiger partial charge in [0, 0.05) is 18.0 Å². The highest BCUT2D eigenvalue weighted by molar-refractivity contribution is 6.04. The molecule has 0 aliphatic heterocycles. The molecule has 6 heteroatoms. The maximum atomic E-state index is 12.5. The van der Waals surface area contributed by atoms with E-state index in [-0.39, 0.29) is 12.2 Å². The van der Waals surface area contributed by atoms with Gasteiger partial charge in [0.1, 0.15) is 17.9 Å². The predicted octanol–water partition coefficient (Wildman–Crippen LogP) is 2.74. The molecule has 1 N–H and O–H groups in total. The van der Waals surface area contributed by atoms with E-state index in [0.717, 1.165) is 10.3 Å². The summed E-state index contributed by atoms with van der Waals surface area (Å²) in [5.41, 5.74) is 0.923. The molecule has 0 aliphatic carbocycles. The van der Waals surface area contributed by atoms with Crippen molar-refractivity contribution >= 4 is 11.6 Å². The average Bonchev–Trinajstić information content (AvgIpc) is 2.68. The first-order valence-electron chi connectivity index (χ1n) is 8.01. The van der Waals surface area contributed by atoms with Crippen LogP contribution < -0.4 is 20.5 Å². The molecule has 2 aromatic carbocycles. The molecule has 0 spiro atoms. The zero-order chi connectivity index (χ0) is 18.4. The van der Waals surface area contributed by atoms with Crippen LogP contribution in [0.15, 0.2) is 77.7 Å². The topological polar surface area (TPSA) is 69.6 Å². The molecule has 3 rings (SSSR count). The SMILES string of the molecule is COc1cccc(NC(=O)c2cccn(OCc3ccccc3)c2=O)c1. The van der Waals surface area contributed by atoms with Crippen molar-refractivity contribution in [3.05, 3.63) is 94.4 Å². The third-order valence-electron chi connectivity index (χ3n) is 3.70. The van der Waals surface area contributed by atoms with Gasteiger partial charge in [0.05, 0.1) is 7.11 Å². The summed E-state index contributed by atoms with van der Waals surface area (Å²) >= 11 is 0. The first-order valence-corrected chi connectivity index (χ1v) is 8.01. The number of pyridine rings is 1. The van der Waals surface area contributed by atoms with Crippen LogP contribution in [0.3, 0.4) is 0 Å². The van der Waals surface area contributed by atoms with Gasteiger partial charge in [-0.15, -0.1) is 0 Å². The number of nitrogens with zero attached hydrogens (tertiary/aromatic N) is 1. The Bertz CT molecular complexity index is 951. The number of hydrogen-bond donors (Lipinski definition) is 1. The fourth-order valence-electron chi connectivity index (χ4n) is 2.37. The molecule has 0 fully saturated rings. The molecule has 132 valence electrons. The van der Waals surface area contributed by atoms with Gasteiger partial charge >= 0.3 is 0 Å². The second-order valence-corrected chi connectivity index (χ2v) is 5.50. The Labute approximate surface area is 150 Å². The smallest absolute Gasteiger partial charge is 0.295 e. The highest BCUT2D eigenvalue weighted by atomic mass is 16.7. The number of amides is 1. The molecule has 3 aromatic rings. The molecular formula is C20H18N2O4. The van der Waals surface area contributed by atoms with Gasteiger partial charge in [0.2, 0.25) is 0 Å². The predicted molar refractivity (Wildman–Crippen MR) is 98.4 cm³/mol. The highest BCUT2D eigenvalue weighted by Gasteiger charge is 2.13. The minimum absolute atomic E-state index is 0.0108. The van der Waals surface area contributed by atoms with Gasteiger partial charge in [0.15, 0.2) is 0 Å². The van der Waals surface area contributed by atoms with E-state index in [9.17, 15) is 9.59 Å². The number of nitrogens with one attached hydrogen (secondary N) is 1. The van der Waals surface area contributed by atoms with Crippen molar-refractivity contribution in [2.75, 3.05) is 12.4 Å². The van der Waals surface area contributed by atoms with Crippen molar-refractivity contribution in [2.45, 2.75) is 6.61 Å². The van der Waals surface area contributed by atoms with E-state index in [1.54, 1.807) is 37.4 Å². The average molecular weight is 350 g/mol. The number of methoxy groups -OCH3 is 1. The Morgan fingerprint density at radius 1 is 1.04 bits per heavy atom. The number of carbonyl (C=O) groups is 1. The van der Waals surface area contributed by atoms with Crippen LogP contribution in [0.2, 0.25) is 0 Å². The van der Waals surface area contributed by atoms with E-state index in [1.807, 2.05) is 30.3 Å². The van der Waals surface area contributed by atoms with Gasteiger partial charge < -0.3 is 14.9 Å². The lowest BCUT2D eigenvalue weighted by Crippen LogP contribution is -2.32. The summed E-state index contributed by atoms with van der Waals surface area (Å²) in [7, 11) is 1.54. The minimum atomic E-state index is -0.524. The summed E-state index contributed by atoms with van der Waals surface area (Å²) in [6.45, 7) is 0.224. The Kier molecular flexibility index (Phi) is 5.34. The molecule has 0 saturated heterocycles. The van der Waals surface area contributed by atoms with Crippen molar-refractivity contribution in [2.24, 2.45) is 0 Å². The third kappa shape index (κ3) is 4.10. The zero-order valence-corrected chi connectivity index (χ0v) is 14.2. The monoisotopic (exact) mass is 350 g/mol. The Balaban J connectivity index is 1.75. The number of rotatable bonds is 6. The van der Waals surface area contributed by atoms with E-state index >= 15 is 0 Å². The molecule has 1 amide bonds. The van der Waals surface area contributed by atoms with Gasteiger partial charge in [-0.1, -0.05) is 36.4 Å². The molecule has 0 bridgehead atoms. The maximum absolute atomic E-state index is 12.5. The molecule has 6 nitrogen and oxygen atoms in total. The van der Waals surface area contributed by atoms with Crippen LogP contribution in [0.1, 0.15) is 15.9 Å². The standard InChI is InChI=1S/C20H18N2O4/c1-25-17-10-5-9-16(13-17)21-19(23)18-11-6-12-22(20(18)24)26-14-15-7-3-2-4-8-15/h2-13H,14H2,1H3,(H,21,23). The summed E-state index contributed by atoms with van der Waals surface area (Å²) in [6, 6.07) is 19.4. The fourth-order valence-corrected chi connectivity index (χ4v) is 2.37. The number of aromatic nitrogens is 1. The lowest BCUT2D eigenvalue weighted by atomic mass is 10.2. The van der Waals surface area contributed by atoms with Crippen LogP contribution in [-0.4, -0.2) is 17.7 Å². The molecule has 0 atom stereocenters. The van der Waals surface area contributed by atoms with E-state index in [0.29, 0.717) is 11.4 Å².